The molecule has 1 aromatic heterocycles. The molecule has 0 amide bonds. The van der Waals surface area contributed by atoms with Crippen LogP contribution in [0.5, 0.6) is 0 Å². The Balaban J connectivity index is 2.06. The Morgan fingerprint density at radius 1 is 1.06 bits per heavy atom. The minimum atomic E-state index is 0.750. The molecule has 94 valence electrons. The van der Waals surface area contributed by atoms with Gasteiger partial charge in [0.2, 0.25) is 5.95 Å². The molecule has 1 heterocycles. The van der Waals surface area contributed by atoms with Crippen molar-refractivity contribution in [3.05, 3.63) is 53.3 Å². The van der Waals surface area contributed by atoms with Gasteiger partial charge in [0.15, 0.2) is 0 Å². The fraction of sp³-hybridized carbons (Fsp3) is 0.286. The third kappa shape index (κ3) is 3.29. The van der Waals surface area contributed by atoms with Gasteiger partial charge < -0.3 is 4.90 Å². The van der Waals surface area contributed by atoms with E-state index in [1.54, 1.807) is 0 Å². The Kier molecular flexibility index (Phi) is 4.31. The van der Waals surface area contributed by atoms with Crippen LogP contribution < -0.4 is 4.90 Å². The van der Waals surface area contributed by atoms with Crippen molar-refractivity contribution in [2.24, 2.45) is 0 Å². The summed E-state index contributed by atoms with van der Waals surface area (Å²) in [5.41, 5.74) is 3.62. The standard InChI is InChI=1S/C14H16BrN3/c1-11-3-5-12(6-4-11)10-18(2)14-16-8-13(7-15)9-17-14/h3-6,8-9H,7,10H2,1-2H3. The second kappa shape index (κ2) is 5.96. The average molecular weight is 306 g/mol. The number of aryl methyl sites for hydroxylation is 1. The molecule has 1 aromatic carbocycles. The largest absolute Gasteiger partial charge is 0.340 e. The highest BCUT2D eigenvalue weighted by atomic mass is 79.9. The van der Waals surface area contributed by atoms with Crippen LogP contribution in [0.2, 0.25) is 0 Å². The van der Waals surface area contributed by atoms with E-state index in [9.17, 15) is 0 Å². The number of alkyl halides is 1. The van der Waals surface area contributed by atoms with E-state index in [-0.39, 0.29) is 0 Å². The Morgan fingerprint density at radius 2 is 1.67 bits per heavy atom. The van der Waals surface area contributed by atoms with Crippen LogP contribution in [0.1, 0.15) is 16.7 Å². The van der Waals surface area contributed by atoms with Gasteiger partial charge in [-0.05, 0) is 18.1 Å². The molecule has 0 aliphatic carbocycles. The lowest BCUT2D eigenvalue weighted by molar-refractivity contribution is 0.863. The molecular formula is C14H16BrN3. The highest BCUT2D eigenvalue weighted by Gasteiger charge is 2.04. The lowest BCUT2D eigenvalue weighted by atomic mass is 10.1. The Hall–Kier alpha value is -1.42. The molecule has 0 unspecified atom stereocenters. The summed E-state index contributed by atoms with van der Waals surface area (Å²) >= 11 is 3.39. The summed E-state index contributed by atoms with van der Waals surface area (Å²) in [4.78, 5) is 10.7. The fourth-order valence-electron chi connectivity index (χ4n) is 1.65. The number of hydrogen-bond acceptors (Lipinski definition) is 3. The molecule has 3 nitrogen and oxygen atoms in total. The van der Waals surface area contributed by atoms with Crippen molar-refractivity contribution < 1.29 is 0 Å². The predicted molar refractivity (Wildman–Crippen MR) is 77.9 cm³/mol. The summed E-state index contributed by atoms with van der Waals surface area (Å²) in [7, 11) is 2.00. The minimum absolute atomic E-state index is 0.750. The Bertz CT molecular complexity index is 493. The second-order valence-corrected chi connectivity index (χ2v) is 4.93. The van der Waals surface area contributed by atoms with Gasteiger partial charge in [-0.15, -0.1) is 0 Å². The van der Waals surface area contributed by atoms with Crippen LogP contribution in [-0.2, 0) is 11.9 Å². The summed E-state index contributed by atoms with van der Waals surface area (Å²) < 4.78 is 0. The van der Waals surface area contributed by atoms with Gasteiger partial charge in [-0.3, -0.25) is 0 Å². The average Bonchev–Trinajstić information content (AvgIpc) is 2.41. The number of halogens is 1. The van der Waals surface area contributed by atoms with Crippen molar-refractivity contribution in [1.82, 2.24) is 9.97 Å². The van der Waals surface area contributed by atoms with E-state index >= 15 is 0 Å². The topological polar surface area (TPSA) is 29.0 Å². The SMILES string of the molecule is Cc1ccc(CN(C)c2ncc(CBr)cn2)cc1. The Morgan fingerprint density at radius 3 is 2.22 bits per heavy atom. The maximum absolute atomic E-state index is 4.35. The van der Waals surface area contributed by atoms with Crippen LogP contribution in [0.15, 0.2) is 36.7 Å². The maximum Gasteiger partial charge on any atom is 0.225 e. The van der Waals surface area contributed by atoms with E-state index in [1.807, 2.05) is 24.3 Å². The predicted octanol–water partition coefficient (Wildman–Crippen LogP) is 3.32. The first-order valence-corrected chi connectivity index (χ1v) is 6.95. The second-order valence-electron chi connectivity index (χ2n) is 4.37. The summed E-state index contributed by atoms with van der Waals surface area (Å²) in [5, 5.41) is 0.787. The van der Waals surface area contributed by atoms with E-state index in [0.29, 0.717) is 0 Å². The van der Waals surface area contributed by atoms with E-state index in [2.05, 4.69) is 57.1 Å². The van der Waals surface area contributed by atoms with Crippen molar-refractivity contribution in [3.8, 4) is 0 Å². The zero-order valence-corrected chi connectivity index (χ0v) is 12.2. The highest BCUT2D eigenvalue weighted by molar-refractivity contribution is 9.08. The van der Waals surface area contributed by atoms with Crippen LogP contribution in [0, 0.1) is 6.92 Å². The van der Waals surface area contributed by atoms with Gasteiger partial charge in [-0.1, -0.05) is 45.8 Å². The lowest BCUT2D eigenvalue weighted by Gasteiger charge is -2.17. The smallest absolute Gasteiger partial charge is 0.225 e. The fourth-order valence-corrected chi connectivity index (χ4v) is 1.94. The molecule has 0 aliphatic rings. The van der Waals surface area contributed by atoms with Gasteiger partial charge in [-0.25, -0.2) is 9.97 Å². The number of anilines is 1. The molecule has 0 bridgehead atoms. The van der Waals surface area contributed by atoms with Gasteiger partial charge in [0.05, 0.1) is 0 Å². The molecule has 0 fully saturated rings. The summed E-state index contributed by atoms with van der Waals surface area (Å²) in [6, 6.07) is 8.52. The van der Waals surface area contributed by atoms with Crippen LogP contribution in [0.25, 0.3) is 0 Å². The first-order chi connectivity index (χ1) is 8.69. The maximum atomic E-state index is 4.35. The number of aromatic nitrogens is 2. The quantitative estimate of drug-likeness (QED) is 0.812. The number of rotatable bonds is 4. The van der Waals surface area contributed by atoms with Gasteiger partial charge in [-0.2, -0.15) is 0 Å². The molecule has 18 heavy (non-hydrogen) atoms. The molecule has 0 atom stereocenters. The molecule has 0 radical (unpaired) electrons. The molecule has 0 spiro atoms. The molecule has 0 N–H and O–H groups in total. The van der Waals surface area contributed by atoms with Crippen LogP contribution in [0.4, 0.5) is 5.95 Å². The van der Waals surface area contributed by atoms with Crippen LogP contribution >= 0.6 is 15.9 Å². The van der Waals surface area contributed by atoms with Crippen molar-refractivity contribution in [2.45, 2.75) is 18.8 Å². The van der Waals surface area contributed by atoms with Crippen molar-refractivity contribution in [1.29, 1.82) is 0 Å². The van der Waals surface area contributed by atoms with E-state index < -0.39 is 0 Å². The third-order valence-electron chi connectivity index (χ3n) is 2.73. The van der Waals surface area contributed by atoms with E-state index in [4.69, 9.17) is 0 Å². The van der Waals surface area contributed by atoms with Crippen LogP contribution in [0.3, 0.4) is 0 Å². The normalized spacial score (nSPS) is 10.4. The Labute approximate surface area is 116 Å². The molecule has 0 saturated carbocycles. The zero-order valence-electron chi connectivity index (χ0n) is 10.6. The van der Waals surface area contributed by atoms with Gasteiger partial charge >= 0.3 is 0 Å². The molecule has 0 aliphatic heterocycles. The van der Waals surface area contributed by atoms with Crippen molar-refractivity contribution in [3.63, 3.8) is 0 Å². The monoisotopic (exact) mass is 305 g/mol. The molecule has 0 saturated heterocycles. The molecular weight excluding hydrogens is 290 g/mol. The van der Waals surface area contributed by atoms with E-state index in [0.717, 1.165) is 23.4 Å². The summed E-state index contributed by atoms with van der Waals surface area (Å²) in [5.74, 6) is 0.750. The first-order valence-electron chi connectivity index (χ1n) is 5.82. The van der Waals surface area contributed by atoms with Crippen LogP contribution in [-0.4, -0.2) is 17.0 Å². The summed E-state index contributed by atoms with van der Waals surface area (Å²) in [6.07, 6.45) is 3.70. The van der Waals surface area contributed by atoms with Crippen molar-refractivity contribution >= 4 is 21.9 Å². The molecule has 2 rings (SSSR count). The van der Waals surface area contributed by atoms with E-state index in [1.165, 1.54) is 11.1 Å². The highest BCUT2D eigenvalue weighted by Crippen LogP contribution is 2.12. The molecule has 4 heteroatoms. The molecule has 2 aromatic rings. The van der Waals surface area contributed by atoms with Gasteiger partial charge in [0, 0.05) is 31.3 Å². The van der Waals surface area contributed by atoms with Gasteiger partial charge in [0.25, 0.3) is 0 Å². The number of hydrogen-bond donors (Lipinski definition) is 0. The zero-order chi connectivity index (χ0) is 13.0. The first kappa shape index (κ1) is 13.0. The van der Waals surface area contributed by atoms with Gasteiger partial charge in [0.1, 0.15) is 0 Å². The minimum Gasteiger partial charge on any atom is -0.340 e. The number of nitrogens with zero attached hydrogens (tertiary/aromatic N) is 3. The lowest BCUT2D eigenvalue weighted by Crippen LogP contribution is -2.19. The number of benzene rings is 1. The van der Waals surface area contributed by atoms with Crippen molar-refractivity contribution in [2.75, 3.05) is 11.9 Å². The third-order valence-corrected chi connectivity index (χ3v) is 3.38. The summed E-state index contributed by atoms with van der Waals surface area (Å²) in [6.45, 7) is 2.91.